The Labute approximate surface area is 234 Å². The highest BCUT2D eigenvalue weighted by atomic mass is 35.5. The number of hydrogen-bond acceptors (Lipinski definition) is 6. The number of hydroxylamine groups is 1. The fourth-order valence-electron chi connectivity index (χ4n) is 4.84. The van der Waals surface area contributed by atoms with Crippen molar-refractivity contribution in [2.75, 3.05) is 6.61 Å². The molecule has 1 aliphatic heterocycles. The lowest BCUT2D eigenvalue weighted by atomic mass is 9.95. The lowest BCUT2D eigenvalue weighted by Crippen LogP contribution is -2.19. The quantitative estimate of drug-likeness (QED) is 0.283. The summed E-state index contributed by atoms with van der Waals surface area (Å²) in [7, 11) is 0. The molecule has 3 aromatic rings. The van der Waals surface area contributed by atoms with Crippen LogP contribution in [0, 0.1) is 5.92 Å². The highest BCUT2D eigenvalue weighted by Gasteiger charge is 2.54. The van der Waals surface area contributed by atoms with E-state index in [0.29, 0.717) is 20.8 Å². The van der Waals surface area contributed by atoms with Gasteiger partial charge in [-0.15, -0.1) is 16.8 Å². The van der Waals surface area contributed by atoms with Crippen LogP contribution in [0.15, 0.2) is 53.9 Å². The number of allylic oxidation sites excluding steroid dienone is 1. The van der Waals surface area contributed by atoms with Gasteiger partial charge in [0.25, 0.3) is 0 Å². The first kappa shape index (κ1) is 26.3. The van der Waals surface area contributed by atoms with Gasteiger partial charge in [-0.25, -0.2) is 9.78 Å². The van der Waals surface area contributed by atoms with E-state index in [1.165, 1.54) is 17.5 Å². The number of halogens is 3. The van der Waals surface area contributed by atoms with Crippen LogP contribution in [0.3, 0.4) is 0 Å². The summed E-state index contributed by atoms with van der Waals surface area (Å²) in [6.45, 7) is 6.49. The lowest BCUT2D eigenvalue weighted by Gasteiger charge is -2.18. The number of aromatic carboxylic acids is 1. The van der Waals surface area contributed by atoms with Crippen molar-refractivity contribution in [3.63, 3.8) is 0 Å². The molecule has 0 spiro atoms. The molecule has 0 saturated heterocycles. The molecule has 1 saturated carbocycles. The largest absolute Gasteiger partial charge is 0.489 e. The van der Waals surface area contributed by atoms with Crippen molar-refractivity contribution in [3.8, 4) is 5.75 Å². The van der Waals surface area contributed by atoms with Crippen molar-refractivity contribution >= 4 is 52.1 Å². The molecule has 0 bridgehead atoms. The molecule has 0 radical (unpaired) electrons. The number of hydrogen-bond donors (Lipinski definition) is 2. The Bertz CT molecular complexity index is 1390. The van der Waals surface area contributed by atoms with Crippen molar-refractivity contribution in [1.82, 2.24) is 10.5 Å². The molecule has 2 N–H and O–H groups in total. The molecule has 3 unspecified atom stereocenters. The lowest BCUT2D eigenvalue weighted by molar-refractivity contribution is 0.0702. The normalized spacial score (nSPS) is 22.9. The SMILES string of the molecule is CC(C)C1=C(COc2ccc(C3(C)CC3c3ncc(C(=O)O)s3)c(Cl)c2)C(c2c(Cl)cccc2Cl)NO1. The van der Waals surface area contributed by atoms with E-state index in [0.717, 1.165) is 33.9 Å². The van der Waals surface area contributed by atoms with Gasteiger partial charge in [0, 0.05) is 43.5 Å². The fraction of sp³-hybridized carbons (Fsp3) is 0.333. The van der Waals surface area contributed by atoms with Gasteiger partial charge in [0.15, 0.2) is 0 Å². The predicted molar refractivity (Wildman–Crippen MR) is 146 cm³/mol. The average Bonchev–Trinajstić information content (AvgIpc) is 3.18. The number of benzene rings is 2. The number of carboxylic acid groups (broad SMARTS) is 1. The molecule has 2 heterocycles. The second-order valence-corrected chi connectivity index (χ2v) is 12.1. The van der Waals surface area contributed by atoms with Crippen LogP contribution in [0.25, 0.3) is 0 Å². The van der Waals surface area contributed by atoms with Crippen LogP contribution >= 0.6 is 46.1 Å². The number of carbonyl (C=O) groups is 1. The number of nitrogens with zero attached hydrogens (tertiary/aromatic N) is 1. The zero-order valence-corrected chi connectivity index (χ0v) is 23.4. The Morgan fingerprint density at radius 1 is 1.24 bits per heavy atom. The fourth-order valence-corrected chi connectivity index (χ4v) is 6.86. The van der Waals surface area contributed by atoms with E-state index in [-0.39, 0.29) is 34.8 Å². The number of thiazole rings is 1. The first-order valence-electron chi connectivity index (χ1n) is 11.8. The van der Waals surface area contributed by atoms with E-state index in [2.05, 4.69) is 17.4 Å². The second kappa shape index (κ2) is 10.1. The predicted octanol–water partition coefficient (Wildman–Crippen LogP) is 7.81. The number of aromatic nitrogens is 1. The van der Waals surface area contributed by atoms with Crippen LogP contribution < -0.4 is 10.2 Å². The van der Waals surface area contributed by atoms with Gasteiger partial charge in [-0.05, 0) is 36.2 Å². The van der Waals surface area contributed by atoms with Crippen molar-refractivity contribution in [2.24, 2.45) is 5.92 Å². The van der Waals surface area contributed by atoms with Crippen LogP contribution in [0.2, 0.25) is 15.1 Å². The van der Waals surface area contributed by atoms with Gasteiger partial charge >= 0.3 is 5.97 Å². The van der Waals surface area contributed by atoms with Gasteiger partial charge in [0.1, 0.15) is 23.0 Å². The number of carboxylic acids is 1. The summed E-state index contributed by atoms with van der Waals surface area (Å²) in [4.78, 5) is 21.6. The maximum absolute atomic E-state index is 11.2. The maximum Gasteiger partial charge on any atom is 0.347 e. The molecular formula is C27H25Cl3N2O4S. The zero-order valence-electron chi connectivity index (χ0n) is 20.3. The Morgan fingerprint density at radius 2 is 1.97 bits per heavy atom. The molecule has 5 rings (SSSR count). The topological polar surface area (TPSA) is 80.7 Å². The van der Waals surface area contributed by atoms with E-state index in [4.69, 9.17) is 44.4 Å². The van der Waals surface area contributed by atoms with Gasteiger partial charge in [-0.2, -0.15) is 0 Å². The average molecular weight is 580 g/mol. The van der Waals surface area contributed by atoms with Crippen LogP contribution in [-0.2, 0) is 10.3 Å². The van der Waals surface area contributed by atoms with Crippen molar-refractivity contribution < 1.29 is 19.5 Å². The Hall–Kier alpha value is -2.29. The van der Waals surface area contributed by atoms with E-state index in [1.807, 2.05) is 32.0 Å². The van der Waals surface area contributed by atoms with Crippen LogP contribution in [0.4, 0.5) is 0 Å². The first-order valence-corrected chi connectivity index (χ1v) is 13.8. The molecule has 0 amide bonds. The minimum Gasteiger partial charge on any atom is -0.489 e. The van der Waals surface area contributed by atoms with Gasteiger partial charge in [-0.1, -0.05) is 67.7 Å². The van der Waals surface area contributed by atoms with Crippen LogP contribution in [-0.4, -0.2) is 22.7 Å². The third-order valence-corrected chi connectivity index (χ3v) is 9.06. The molecule has 6 nitrogen and oxygen atoms in total. The summed E-state index contributed by atoms with van der Waals surface area (Å²) in [5, 5.41) is 11.7. The monoisotopic (exact) mass is 578 g/mol. The van der Waals surface area contributed by atoms with Crippen LogP contribution in [0.1, 0.15) is 65.0 Å². The zero-order chi connectivity index (χ0) is 26.5. The molecule has 2 aliphatic rings. The number of ether oxygens (including phenoxy) is 1. The number of nitrogens with one attached hydrogen (secondary N) is 1. The Morgan fingerprint density at radius 3 is 2.59 bits per heavy atom. The number of rotatable bonds is 8. The summed E-state index contributed by atoms with van der Waals surface area (Å²) in [5.74, 6) is 0.729. The molecule has 2 aromatic carbocycles. The van der Waals surface area contributed by atoms with E-state index >= 15 is 0 Å². The smallest absolute Gasteiger partial charge is 0.347 e. The molecule has 10 heteroatoms. The highest BCUT2D eigenvalue weighted by Crippen LogP contribution is 2.62. The van der Waals surface area contributed by atoms with Crippen molar-refractivity contribution in [2.45, 2.75) is 44.6 Å². The van der Waals surface area contributed by atoms with Gasteiger partial charge in [0.05, 0.1) is 17.2 Å². The summed E-state index contributed by atoms with van der Waals surface area (Å²) >= 11 is 20.9. The molecule has 194 valence electrons. The first-order chi connectivity index (χ1) is 17.6. The standard InChI is InChI=1S/C27H25Cl3N2O4S/c1-13(2)24-15(23(32-36-24)22-18(28)5-4-6-19(22)29)12-35-14-7-8-16(20(30)9-14)27(3)10-17(27)25-31-11-21(37-25)26(33)34/h4-9,11,13,17,23,32H,10,12H2,1-3H3,(H,33,34). The van der Waals surface area contributed by atoms with Crippen molar-refractivity contribution in [1.29, 1.82) is 0 Å². The molecule has 1 aliphatic carbocycles. The summed E-state index contributed by atoms with van der Waals surface area (Å²) < 4.78 is 6.19. The molecule has 1 fully saturated rings. The Kier molecular flexibility index (Phi) is 7.20. The van der Waals surface area contributed by atoms with Gasteiger partial charge < -0.3 is 14.7 Å². The van der Waals surface area contributed by atoms with E-state index in [9.17, 15) is 9.90 Å². The van der Waals surface area contributed by atoms with Crippen molar-refractivity contribution in [3.05, 3.63) is 90.0 Å². The summed E-state index contributed by atoms with van der Waals surface area (Å²) in [6, 6.07) is 10.8. The molecular weight excluding hydrogens is 555 g/mol. The third kappa shape index (κ3) is 4.95. The molecule has 1 aromatic heterocycles. The molecule has 37 heavy (non-hydrogen) atoms. The van der Waals surface area contributed by atoms with E-state index < -0.39 is 5.97 Å². The maximum atomic E-state index is 11.2. The highest BCUT2D eigenvalue weighted by molar-refractivity contribution is 7.13. The summed E-state index contributed by atoms with van der Waals surface area (Å²) in [6.07, 6.45) is 2.28. The summed E-state index contributed by atoms with van der Waals surface area (Å²) in [5.41, 5.74) is 5.51. The Balaban J connectivity index is 1.34. The molecule has 3 atom stereocenters. The minimum absolute atomic E-state index is 0.127. The second-order valence-electron chi connectivity index (χ2n) is 9.80. The minimum atomic E-state index is -0.955. The van der Waals surface area contributed by atoms with Gasteiger partial charge in [-0.3, -0.25) is 0 Å². The van der Waals surface area contributed by atoms with E-state index in [1.54, 1.807) is 18.2 Å². The third-order valence-electron chi connectivity index (χ3n) is 6.98. The van der Waals surface area contributed by atoms with Crippen LogP contribution in [0.5, 0.6) is 5.75 Å². The van der Waals surface area contributed by atoms with Gasteiger partial charge in [0.2, 0.25) is 0 Å².